The molecule has 102 valence electrons. The molecule has 5 nitrogen and oxygen atoms in total. The van der Waals surface area contributed by atoms with Crippen LogP contribution in [-0.2, 0) is 0 Å². The molecule has 1 fully saturated rings. The first-order valence-electron chi connectivity index (χ1n) is 6.04. The van der Waals surface area contributed by atoms with Gasteiger partial charge in [-0.15, -0.1) is 12.4 Å². The first-order chi connectivity index (χ1) is 8.72. The molecule has 0 unspecified atom stereocenters. The molecule has 1 aliphatic rings. The van der Waals surface area contributed by atoms with Gasteiger partial charge in [-0.3, -0.25) is 0 Å². The second kappa shape index (κ2) is 5.69. The Morgan fingerprint density at radius 2 is 2.05 bits per heavy atom. The number of nitrogens with one attached hydrogen (secondary N) is 1. The lowest BCUT2D eigenvalue weighted by molar-refractivity contribution is 0.191. The Balaban J connectivity index is 0.00000133. The van der Waals surface area contributed by atoms with E-state index in [1.165, 1.54) is 5.56 Å². The third-order valence-electron chi connectivity index (χ3n) is 3.16. The summed E-state index contributed by atoms with van der Waals surface area (Å²) >= 11 is 0. The molecule has 1 aromatic heterocycles. The van der Waals surface area contributed by atoms with Gasteiger partial charge in [-0.1, -0.05) is 35.0 Å². The molecule has 1 aliphatic heterocycles. The highest BCUT2D eigenvalue weighted by molar-refractivity contribution is 5.85. The first-order valence-corrected chi connectivity index (χ1v) is 6.04. The minimum Gasteiger partial charge on any atom is -0.392 e. The minimum atomic E-state index is -0.329. The predicted molar refractivity (Wildman–Crippen MR) is 73.1 cm³/mol. The van der Waals surface area contributed by atoms with Crippen molar-refractivity contribution in [2.24, 2.45) is 0 Å². The molecule has 0 radical (unpaired) electrons. The van der Waals surface area contributed by atoms with Crippen molar-refractivity contribution >= 4 is 12.4 Å². The van der Waals surface area contributed by atoms with Crippen LogP contribution in [0, 0.1) is 6.92 Å². The van der Waals surface area contributed by atoms with Crippen LogP contribution in [0.25, 0.3) is 11.4 Å². The normalized spacial score (nSPS) is 22.2. The monoisotopic (exact) mass is 281 g/mol. The van der Waals surface area contributed by atoms with E-state index in [0.29, 0.717) is 24.7 Å². The van der Waals surface area contributed by atoms with Crippen molar-refractivity contribution in [1.82, 2.24) is 15.5 Å². The summed E-state index contributed by atoms with van der Waals surface area (Å²) in [6.07, 6.45) is 0.292. The van der Waals surface area contributed by atoms with Gasteiger partial charge in [-0.2, -0.15) is 4.98 Å². The molecule has 2 atom stereocenters. The summed E-state index contributed by atoms with van der Waals surface area (Å²) < 4.78 is 5.25. The van der Waals surface area contributed by atoms with Gasteiger partial charge < -0.3 is 14.9 Å². The van der Waals surface area contributed by atoms with Crippen LogP contribution in [0.5, 0.6) is 0 Å². The Morgan fingerprint density at radius 1 is 1.32 bits per heavy atom. The Kier molecular flexibility index (Phi) is 4.19. The highest BCUT2D eigenvalue weighted by Gasteiger charge is 2.28. The molecule has 2 aromatic rings. The highest BCUT2D eigenvalue weighted by Crippen LogP contribution is 2.24. The summed E-state index contributed by atoms with van der Waals surface area (Å²) in [7, 11) is 0. The van der Waals surface area contributed by atoms with Crippen molar-refractivity contribution in [3.8, 4) is 11.4 Å². The summed E-state index contributed by atoms with van der Waals surface area (Å²) in [5, 5.41) is 16.6. The second-order valence-electron chi connectivity index (χ2n) is 4.67. The maximum Gasteiger partial charge on any atom is 0.244 e. The number of rotatable bonds is 2. The maximum atomic E-state index is 9.46. The Bertz CT molecular complexity index is 541. The number of aliphatic hydroxyl groups is 1. The second-order valence-corrected chi connectivity index (χ2v) is 4.67. The lowest BCUT2D eigenvalue weighted by Gasteiger charge is -2.01. The summed E-state index contributed by atoms with van der Waals surface area (Å²) in [4.78, 5) is 4.38. The molecule has 0 aliphatic carbocycles. The third kappa shape index (κ3) is 2.94. The Hall–Kier alpha value is -1.43. The van der Waals surface area contributed by atoms with Crippen LogP contribution in [0.2, 0.25) is 0 Å². The molecule has 0 bridgehead atoms. The van der Waals surface area contributed by atoms with E-state index in [1.807, 2.05) is 31.2 Å². The van der Waals surface area contributed by atoms with Crippen LogP contribution >= 0.6 is 12.4 Å². The van der Waals surface area contributed by atoms with Crippen molar-refractivity contribution < 1.29 is 9.63 Å². The molecule has 2 N–H and O–H groups in total. The topological polar surface area (TPSA) is 71.2 Å². The van der Waals surface area contributed by atoms with E-state index >= 15 is 0 Å². The lowest BCUT2D eigenvalue weighted by atomic mass is 10.1. The molecule has 0 amide bonds. The van der Waals surface area contributed by atoms with Crippen molar-refractivity contribution in [2.45, 2.75) is 25.5 Å². The fourth-order valence-electron chi connectivity index (χ4n) is 2.10. The average molecular weight is 282 g/mol. The zero-order valence-electron chi connectivity index (χ0n) is 10.5. The third-order valence-corrected chi connectivity index (χ3v) is 3.16. The molecule has 1 aromatic carbocycles. The van der Waals surface area contributed by atoms with Crippen molar-refractivity contribution in [3.63, 3.8) is 0 Å². The van der Waals surface area contributed by atoms with Crippen LogP contribution in [0.3, 0.4) is 0 Å². The number of benzene rings is 1. The molecule has 6 heteroatoms. The van der Waals surface area contributed by atoms with Gasteiger partial charge in [0.1, 0.15) is 0 Å². The van der Waals surface area contributed by atoms with Crippen LogP contribution in [0.4, 0.5) is 0 Å². The minimum absolute atomic E-state index is 0. The SMILES string of the molecule is Cc1ccc(-c2noc([C@H]3C[C@@H](O)CN3)n2)cc1.Cl. The zero-order valence-corrected chi connectivity index (χ0v) is 11.4. The Morgan fingerprint density at radius 3 is 2.68 bits per heavy atom. The van der Waals surface area contributed by atoms with Gasteiger partial charge in [0.15, 0.2) is 0 Å². The molecule has 1 saturated heterocycles. The van der Waals surface area contributed by atoms with Crippen LogP contribution in [0.15, 0.2) is 28.8 Å². The van der Waals surface area contributed by atoms with Crippen molar-refractivity contribution in [2.75, 3.05) is 6.54 Å². The average Bonchev–Trinajstić information content (AvgIpc) is 2.98. The summed E-state index contributed by atoms with van der Waals surface area (Å²) in [5.74, 6) is 1.13. The fraction of sp³-hybridized carbons (Fsp3) is 0.385. The molecular formula is C13H16ClN3O2. The van der Waals surface area contributed by atoms with Gasteiger partial charge in [-0.05, 0) is 13.3 Å². The molecule has 19 heavy (non-hydrogen) atoms. The quantitative estimate of drug-likeness (QED) is 0.879. The van der Waals surface area contributed by atoms with Crippen molar-refractivity contribution in [1.29, 1.82) is 0 Å². The van der Waals surface area contributed by atoms with E-state index in [9.17, 15) is 5.11 Å². The number of nitrogens with zero attached hydrogens (tertiary/aromatic N) is 2. The van der Waals surface area contributed by atoms with Gasteiger partial charge >= 0.3 is 0 Å². The largest absolute Gasteiger partial charge is 0.392 e. The van der Waals surface area contributed by atoms with E-state index in [-0.39, 0.29) is 24.6 Å². The van der Waals surface area contributed by atoms with Gasteiger partial charge in [0, 0.05) is 12.1 Å². The van der Waals surface area contributed by atoms with Gasteiger partial charge in [0.2, 0.25) is 11.7 Å². The number of aromatic nitrogens is 2. The highest BCUT2D eigenvalue weighted by atomic mass is 35.5. The fourth-order valence-corrected chi connectivity index (χ4v) is 2.10. The van der Waals surface area contributed by atoms with Gasteiger partial charge in [0.25, 0.3) is 0 Å². The molecular weight excluding hydrogens is 266 g/mol. The summed E-state index contributed by atoms with van der Waals surface area (Å²) in [6, 6.07) is 7.94. The lowest BCUT2D eigenvalue weighted by Crippen LogP contribution is -2.15. The number of β-amino-alcohol motifs (C(OH)–C–C–N with tert-alkyl or cyclic N) is 1. The standard InChI is InChI=1S/C13H15N3O2.ClH/c1-8-2-4-9(5-3-8)12-15-13(18-16-12)11-6-10(17)7-14-11;/h2-5,10-11,14,17H,6-7H2,1H3;1H/t10-,11-;/m1./s1. The number of hydrogen-bond acceptors (Lipinski definition) is 5. The maximum absolute atomic E-state index is 9.46. The van der Waals surface area contributed by atoms with E-state index in [0.717, 1.165) is 5.56 Å². The molecule has 0 saturated carbocycles. The Labute approximate surface area is 117 Å². The van der Waals surface area contributed by atoms with E-state index in [4.69, 9.17) is 4.52 Å². The van der Waals surface area contributed by atoms with Crippen LogP contribution in [-0.4, -0.2) is 27.9 Å². The molecule has 2 heterocycles. The first kappa shape index (κ1) is 14.0. The summed E-state index contributed by atoms with van der Waals surface area (Å²) in [5.41, 5.74) is 2.14. The van der Waals surface area contributed by atoms with Crippen molar-refractivity contribution in [3.05, 3.63) is 35.7 Å². The van der Waals surface area contributed by atoms with Crippen LogP contribution in [0.1, 0.15) is 23.9 Å². The summed E-state index contributed by atoms with van der Waals surface area (Å²) in [6.45, 7) is 2.61. The number of halogens is 1. The number of aliphatic hydroxyl groups excluding tert-OH is 1. The number of hydrogen-bond donors (Lipinski definition) is 2. The molecule has 0 spiro atoms. The van der Waals surface area contributed by atoms with E-state index in [2.05, 4.69) is 15.5 Å². The zero-order chi connectivity index (χ0) is 12.5. The van der Waals surface area contributed by atoms with Gasteiger partial charge in [-0.25, -0.2) is 0 Å². The smallest absolute Gasteiger partial charge is 0.244 e. The molecule has 3 rings (SSSR count). The van der Waals surface area contributed by atoms with Gasteiger partial charge in [0.05, 0.1) is 12.1 Å². The van der Waals surface area contributed by atoms with E-state index in [1.54, 1.807) is 0 Å². The number of aryl methyl sites for hydroxylation is 1. The predicted octanol–water partition coefficient (Wildman–Crippen LogP) is 1.86. The van der Waals surface area contributed by atoms with Crippen LogP contribution < -0.4 is 5.32 Å². The van der Waals surface area contributed by atoms with E-state index < -0.39 is 0 Å².